The minimum atomic E-state index is -0.535. The molecule has 7 nitrogen and oxygen atoms in total. The lowest BCUT2D eigenvalue weighted by molar-refractivity contribution is 0.0609. The monoisotopic (exact) mass is 358 g/mol. The van der Waals surface area contributed by atoms with Crippen LogP contribution in [-0.2, 0) is 0 Å². The number of hydrogen-bond acceptors (Lipinski definition) is 4. The van der Waals surface area contributed by atoms with E-state index in [1.165, 1.54) is 23.2 Å². The van der Waals surface area contributed by atoms with Gasteiger partial charge in [-0.25, -0.2) is 9.78 Å². The number of aromatic nitrogens is 1. The van der Waals surface area contributed by atoms with E-state index < -0.39 is 6.03 Å². The molecule has 0 spiro atoms. The van der Waals surface area contributed by atoms with Crippen molar-refractivity contribution in [2.75, 3.05) is 10.6 Å². The molecule has 25 heavy (non-hydrogen) atoms. The van der Waals surface area contributed by atoms with E-state index in [0.29, 0.717) is 16.9 Å². The first-order valence-corrected chi connectivity index (χ1v) is 7.96. The van der Waals surface area contributed by atoms with Gasteiger partial charge in [-0.1, -0.05) is 11.6 Å². The molecule has 1 aromatic heterocycles. The molecule has 0 atom stereocenters. The van der Waals surface area contributed by atoms with Crippen LogP contribution in [0.15, 0.2) is 36.5 Å². The topological polar surface area (TPSA) is 91.4 Å². The lowest BCUT2D eigenvalue weighted by Crippen LogP contribution is -2.35. The van der Waals surface area contributed by atoms with Crippen molar-refractivity contribution in [3.8, 4) is 0 Å². The third kappa shape index (κ3) is 3.18. The summed E-state index contributed by atoms with van der Waals surface area (Å²) in [5, 5.41) is 5.34. The highest BCUT2D eigenvalue weighted by atomic mass is 35.5. The Kier molecular flexibility index (Phi) is 4.41. The number of fused-ring (bicyclic) bond motifs is 1. The first-order valence-electron chi connectivity index (χ1n) is 7.59. The van der Waals surface area contributed by atoms with Crippen molar-refractivity contribution >= 4 is 40.8 Å². The highest BCUT2D eigenvalue weighted by Crippen LogP contribution is 2.27. The number of urea groups is 1. The number of nitrogens with one attached hydrogen (secondary N) is 2. The molecule has 1 aliphatic heterocycles. The van der Waals surface area contributed by atoms with Gasteiger partial charge in [-0.15, -0.1) is 0 Å². The number of pyridine rings is 1. The summed E-state index contributed by atoms with van der Waals surface area (Å²) in [4.78, 5) is 41.8. The summed E-state index contributed by atoms with van der Waals surface area (Å²) < 4.78 is 0. The van der Waals surface area contributed by atoms with E-state index in [1.807, 2.05) is 0 Å². The zero-order valence-corrected chi connectivity index (χ0v) is 14.3. The van der Waals surface area contributed by atoms with Gasteiger partial charge in [0.1, 0.15) is 0 Å². The average Bonchev–Trinajstić information content (AvgIpc) is 2.80. The second kappa shape index (κ2) is 6.52. The van der Waals surface area contributed by atoms with Gasteiger partial charge < -0.3 is 10.6 Å². The minimum Gasteiger partial charge on any atom is -0.308 e. The largest absolute Gasteiger partial charge is 0.323 e. The number of imide groups is 1. The van der Waals surface area contributed by atoms with E-state index in [9.17, 15) is 14.4 Å². The average molecular weight is 359 g/mol. The molecule has 128 valence electrons. The molecule has 0 radical (unpaired) electrons. The Morgan fingerprint density at radius 2 is 1.84 bits per heavy atom. The second-order valence-electron chi connectivity index (χ2n) is 5.76. The molecule has 3 rings (SSSR count). The van der Waals surface area contributed by atoms with Crippen LogP contribution in [0, 0.1) is 0 Å². The number of carbonyl (C=O) groups is 3. The summed E-state index contributed by atoms with van der Waals surface area (Å²) in [6.07, 6.45) is 1.51. The quantitative estimate of drug-likeness (QED) is 0.650. The molecule has 0 saturated carbocycles. The number of rotatable bonds is 3. The summed E-state index contributed by atoms with van der Waals surface area (Å²) in [5.41, 5.74) is 1.36. The fourth-order valence-electron chi connectivity index (χ4n) is 2.57. The highest BCUT2D eigenvalue weighted by Gasteiger charge is 2.37. The lowest BCUT2D eigenvalue weighted by atomic mass is 10.1. The van der Waals surface area contributed by atoms with E-state index in [0.717, 1.165) is 0 Å². The van der Waals surface area contributed by atoms with Gasteiger partial charge >= 0.3 is 6.03 Å². The van der Waals surface area contributed by atoms with Crippen LogP contribution < -0.4 is 10.6 Å². The van der Waals surface area contributed by atoms with E-state index >= 15 is 0 Å². The molecule has 8 heteroatoms. The Labute approximate surface area is 149 Å². The third-order valence-corrected chi connectivity index (χ3v) is 4.00. The zero-order chi connectivity index (χ0) is 18.1. The molecule has 2 heterocycles. The van der Waals surface area contributed by atoms with Gasteiger partial charge in [-0.2, -0.15) is 0 Å². The molecule has 1 aromatic carbocycles. The SMILES string of the molecule is CC(C)N1C(=O)c2ccc(NC(=O)Nc3cccnc3Cl)cc2C1=O. The normalized spacial score (nSPS) is 13.2. The van der Waals surface area contributed by atoms with Crippen molar-refractivity contribution in [3.05, 3.63) is 52.8 Å². The van der Waals surface area contributed by atoms with Crippen LogP contribution in [0.4, 0.5) is 16.2 Å². The van der Waals surface area contributed by atoms with Gasteiger partial charge in [0.2, 0.25) is 0 Å². The predicted molar refractivity (Wildman–Crippen MR) is 94.0 cm³/mol. The number of hydrogen-bond donors (Lipinski definition) is 2. The van der Waals surface area contributed by atoms with Crippen molar-refractivity contribution in [2.45, 2.75) is 19.9 Å². The van der Waals surface area contributed by atoms with Crippen molar-refractivity contribution in [1.82, 2.24) is 9.88 Å². The highest BCUT2D eigenvalue weighted by molar-refractivity contribution is 6.32. The van der Waals surface area contributed by atoms with E-state index in [4.69, 9.17) is 11.6 Å². The Balaban J connectivity index is 1.78. The molecular weight excluding hydrogens is 344 g/mol. The summed E-state index contributed by atoms with van der Waals surface area (Å²) in [6.45, 7) is 3.54. The zero-order valence-electron chi connectivity index (χ0n) is 13.5. The van der Waals surface area contributed by atoms with Gasteiger partial charge in [0.05, 0.1) is 16.8 Å². The second-order valence-corrected chi connectivity index (χ2v) is 6.11. The van der Waals surface area contributed by atoms with Gasteiger partial charge in [0.25, 0.3) is 11.8 Å². The van der Waals surface area contributed by atoms with E-state index in [1.54, 1.807) is 32.0 Å². The number of anilines is 2. The van der Waals surface area contributed by atoms with Gasteiger partial charge in [0, 0.05) is 17.9 Å². The predicted octanol–water partition coefficient (Wildman–Crippen LogP) is 3.38. The minimum absolute atomic E-state index is 0.167. The maximum absolute atomic E-state index is 12.4. The molecule has 2 N–H and O–H groups in total. The van der Waals surface area contributed by atoms with Crippen LogP contribution in [0.25, 0.3) is 0 Å². The summed E-state index contributed by atoms with van der Waals surface area (Å²) in [5.74, 6) is -0.692. The molecule has 1 aliphatic rings. The molecule has 4 amide bonds. The van der Waals surface area contributed by atoms with Crippen molar-refractivity contribution in [2.24, 2.45) is 0 Å². The van der Waals surface area contributed by atoms with Crippen LogP contribution in [0.2, 0.25) is 5.15 Å². The third-order valence-electron chi connectivity index (χ3n) is 3.70. The molecule has 0 aliphatic carbocycles. The van der Waals surface area contributed by atoms with Crippen LogP contribution in [0.3, 0.4) is 0 Å². The van der Waals surface area contributed by atoms with Crippen molar-refractivity contribution < 1.29 is 14.4 Å². The molecule has 0 unspecified atom stereocenters. The maximum Gasteiger partial charge on any atom is 0.323 e. The van der Waals surface area contributed by atoms with Gasteiger partial charge in [-0.05, 0) is 44.2 Å². The fraction of sp³-hybridized carbons (Fsp3) is 0.176. The first-order chi connectivity index (χ1) is 11.9. The van der Waals surface area contributed by atoms with Crippen molar-refractivity contribution in [3.63, 3.8) is 0 Å². The molecular formula is C17H15ClN4O3. The molecule has 2 aromatic rings. The van der Waals surface area contributed by atoms with E-state index in [-0.39, 0.29) is 28.6 Å². The number of carbonyl (C=O) groups excluding carboxylic acids is 3. The lowest BCUT2D eigenvalue weighted by Gasteiger charge is -2.17. The number of halogens is 1. The molecule has 0 saturated heterocycles. The van der Waals surface area contributed by atoms with Gasteiger partial charge in [0.15, 0.2) is 5.15 Å². The van der Waals surface area contributed by atoms with Gasteiger partial charge in [-0.3, -0.25) is 14.5 Å². The Bertz CT molecular complexity index is 882. The fourth-order valence-corrected chi connectivity index (χ4v) is 2.74. The summed E-state index contributed by atoms with van der Waals surface area (Å²) in [7, 11) is 0. The Hall–Kier alpha value is -2.93. The Morgan fingerprint density at radius 3 is 2.52 bits per heavy atom. The van der Waals surface area contributed by atoms with Crippen LogP contribution in [0.1, 0.15) is 34.6 Å². The van der Waals surface area contributed by atoms with Crippen LogP contribution >= 0.6 is 11.6 Å². The number of benzene rings is 1. The summed E-state index contributed by atoms with van der Waals surface area (Å²) in [6, 6.07) is 7.07. The number of amides is 4. The smallest absolute Gasteiger partial charge is 0.308 e. The maximum atomic E-state index is 12.4. The van der Waals surface area contributed by atoms with Crippen LogP contribution in [-0.4, -0.2) is 33.8 Å². The van der Waals surface area contributed by atoms with E-state index in [2.05, 4.69) is 15.6 Å². The standard InChI is InChI=1S/C17H15ClN4O3/c1-9(2)22-15(23)11-6-5-10(8-12(11)16(22)24)20-17(25)21-13-4-3-7-19-14(13)18/h3-9H,1-2H3,(H2,20,21,25). The number of nitrogens with zero attached hydrogens (tertiary/aromatic N) is 2. The Morgan fingerprint density at radius 1 is 1.12 bits per heavy atom. The van der Waals surface area contributed by atoms with Crippen molar-refractivity contribution in [1.29, 1.82) is 0 Å². The molecule has 0 fully saturated rings. The first kappa shape index (κ1) is 16.9. The molecule has 0 bridgehead atoms. The van der Waals surface area contributed by atoms with Crippen LogP contribution in [0.5, 0.6) is 0 Å². The summed E-state index contributed by atoms with van der Waals surface area (Å²) >= 11 is 5.89.